The number of hydrogen-bond acceptors (Lipinski definition) is 2. The second-order valence-corrected chi connectivity index (χ2v) is 7.52. The van der Waals surface area contributed by atoms with Gasteiger partial charge in [0.15, 0.2) is 0 Å². The van der Waals surface area contributed by atoms with Gasteiger partial charge in [0, 0.05) is 6.04 Å². The van der Waals surface area contributed by atoms with Crippen LogP contribution in [0, 0.1) is 0 Å². The van der Waals surface area contributed by atoms with E-state index in [1.54, 1.807) is 0 Å². The van der Waals surface area contributed by atoms with E-state index in [1.807, 2.05) is 0 Å². The quantitative estimate of drug-likeness (QED) is 0.772. The van der Waals surface area contributed by atoms with Crippen LogP contribution in [0.1, 0.15) is 58.4 Å². The van der Waals surface area contributed by atoms with Crippen LogP contribution in [0.5, 0.6) is 5.75 Å². The molecule has 2 nitrogen and oxygen atoms in total. The summed E-state index contributed by atoms with van der Waals surface area (Å²) >= 11 is 3.65. The van der Waals surface area contributed by atoms with E-state index in [0.717, 1.165) is 36.2 Å². The van der Waals surface area contributed by atoms with Crippen LogP contribution in [0.4, 0.5) is 0 Å². The topological polar surface area (TPSA) is 21.3 Å². The maximum absolute atomic E-state index is 5.95. The van der Waals surface area contributed by atoms with Crippen molar-refractivity contribution in [2.45, 2.75) is 64.3 Å². The zero-order chi connectivity index (χ0) is 15.3. The standard InChI is InChI=1S/C18H28BrNO/c1-4-18(2,3)14-8-9-17(16(19)13-14)21-12-10-15-7-5-6-11-20-15/h8-9,13,15,20H,4-7,10-12H2,1-3H3/t15-/m0/s1. The van der Waals surface area contributed by atoms with Crippen LogP contribution in [0.15, 0.2) is 22.7 Å². The predicted octanol–water partition coefficient (Wildman–Crippen LogP) is 5.05. The molecule has 0 aromatic heterocycles. The molecule has 1 aliphatic rings. The number of piperidine rings is 1. The van der Waals surface area contributed by atoms with Crippen molar-refractivity contribution in [1.29, 1.82) is 0 Å². The Labute approximate surface area is 137 Å². The summed E-state index contributed by atoms with van der Waals surface area (Å²) in [6.07, 6.45) is 6.18. The molecule has 1 fully saturated rings. The van der Waals surface area contributed by atoms with Gasteiger partial charge in [0.25, 0.3) is 0 Å². The Hall–Kier alpha value is -0.540. The van der Waals surface area contributed by atoms with Gasteiger partial charge < -0.3 is 10.1 Å². The van der Waals surface area contributed by atoms with Gasteiger partial charge >= 0.3 is 0 Å². The minimum atomic E-state index is 0.215. The highest BCUT2D eigenvalue weighted by Gasteiger charge is 2.19. The van der Waals surface area contributed by atoms with Gasteiger partial charge in [-0.05, 0) is 71.3 Å². The third-order valence-corrected chi connectivity index (χ3v) is 5.35. The highest BCUT2D eigenvalue weighted by Crippen LogP contribution is 2.33. The second-order valence-electron chi connectivity index (χ2n) is 6.67. The van der Waals surface area contributed by atoms with E-state index >= 15 is 0 Å². The molecule has 0 aliphatic carbocycles. The van der Waals surface area contributed by atoms with Crippen molar-refractivity contribution in [3.05, 3.63) is 28.2 Å². The van der Waals surface area contributed by atoms with Gasteiger partial charge in [0.2, 0.25) is 0 Å². The monoisotopic (exact) mass is 353 g/mol. The van der Waals surface area contributed by atoms with Crippen molar-refractivity contribution >= 4 is 15.9 Å². The van der Waals surface area contributed by atoms with Crippen LogP contribution in [-0.2, 0) is 5.41 Å². The molecule has 2 rings (SSSR count). The summed E-state index contributed by atoms with van der Waals surface area (Å²) in [6.45, 7) is 8.74. The lowest BCUT2D eigenvalue weighted by Crippen LogP contribution is -2.35. The summed E-state index contributed by atoms with van der Waals surface area (Å²) in [5.74, 6) is 0.960. The van der Waals surface area contributed by atoms with Crippen molar-refractivity contribution < 1.29 is 4.74 Å². The first kappa shape index (κ1) is 16.8. The van der Waals surface area contributed by atoms with Crippen molar-refractivity contribution in [1.82, 2.24) is 5.32 Å². The molecule has 21 heavy (non-hydrogen) atoms. The van der Waals surface area contributed by atoms with Gasteiger partial charge in [-0.3, -0.25) is 0 Å². The molecule has 0 radical (unpaired) electrons. The molecule has 118 valence electrons. The molecule has 1 heterocycles. The van der Waals surface area contributed by atoms with Crippen LogP contribution in [0.3, 0.4) is 0 Å². The van der Waals surface area contributed by atoms with E-state index in [2.05, 4.69) is 60.2 Å². The number of nitrogens with one attached hydrogen (secondary N) is 1. The molecule has 1 N–H and O–H groups in total. The minimum absolute atomic E-state index is 0.215. The van der Waals surface area contributed by atoms with Gasteiger partial charge in [-0.15, -0.1) is 0 Å². The van der Waals surface area contributed by atoms with Crippen molar-refractivity contribution in [2.75, 3.05) is 13.2 Å². The minimum Gasteiger partial charge on any atom is -0.492 e. The molecule has 0 amide bonds. The summed E-state index contributed by atoms with van der Waals surface area (Å²) in [7, 11) is 0. The van der Waals surface area contributed by atoms with E-state index < -0.39 is 0 Å². The van der Waals surface area contributed by atoms with Gasteiger partial charge in [-0.25, -0.2) is 0 Å². The molecule has 1 aliphatic heterocycles. The lowest BCUT2D eigenvalue weighted by atomic mass is 9.82. The molecule has 0 saturated carbocycles. The average molecular weight is 354 g/mol. The van der Waals surface area contributed by atoms with Crippen molar-refractivity contribution in [2.24, 2.45) is 0 Å². The summed E-state index contributed by atoms with van der Waals surface area (Å²) in [6, 6.07) is 7.14. The summed E-state index contributed by atoms with van der Waals surface area (Å²) < 4.78 is 7.02. The maximum Gasteiger partial charge on any atom is 0.133 e. The summed E-state index contributed by atoms with van der Waals surface area (Å²) in [4.78, 5) is 0. The fraction of sp³-hybridized carbons (Fsp3) is 0.667. The molecular formula is C18H28BrNO. The molecule has 1 atom stereocenters. The molecule has 1 aromatic rings. The van der Waals surface area contributed by atoms with Gasteiger partial charge in [-0.2, -0.15) is 0 Å². The van der Waals surface area contributed by atoms with Crippen LogP contribution in [0.25, 0.3) is 0 Å². The highest BCUT2D eigenvalue weighted by atomic mass is 79.9. The SMILES string of the molecule is CCC(C)(C)c1ccc(OCC[C@@H]2CCCCN2)c(Br)c1. The number of rotatable bonds is 6. The summed E-state index contributed by atoms with van der Waals surface area (Å²) in [5, 5.41) is 3.56. The van der Waals surface area contributed by atoms with Crippen LogP contribution in [0.2, 0.25) is 0 Å². The molecule has 1 aromatic carbocycles. The van der Waals surface area contributed by atoms with Gasteiger partial charge in [0.1, 0.15) is 5.75 Å². The van der Waals surface area contributed by atoms with Crippen LogP contribution >= 0.6 is 15.9 Å². The number of halogens is 1. The predicted molar refractivity (Wildman–Crippen MR) is 93.2 cm³/mol. The Morgan fingerprint density at radius 2 is 2.14 bits per heavy atom. The number of benzene rings is 1. The highest BCUT2D eigenvalue weighted by molar-refractivity contribution is 9.10. The molecular weight excluding hydrogens is 326 g/mol. The summed E-state index contributed by atoms with van der Waals surface area (Å²) in [5.41, 5.74) is 1.57. The third-order valence-electron chi connectivity index (χ3n) is 4.73. The van der Waals surface area contributed by atoms with Gasteiger partial charge in [0.05, 0.1) is 11.1 Å². The van der Waals surface area contributed by atoms with Crippen molar-refractivity contribution in [3.63, 3.8) is 0 Å². The lowest BCUT2D eigenvalue weighted by molar-refractivity contribution is 0.267. The Balaban J connectivity index is 1.89. The van der Waals surface area contributed by atoms with Gasteiger partial charge in [-0.1, -0.05) is 33.3 Å². The molecule has 3 heteroatoms. The fourth-order valence-electron chi connectivity index (χ4n) is 2.72. The second kappa shape index (κ2) is 7.64. The normalized spacial score (nSPS) is 19.5. The first-order valence-corrected chi connectivity index (χ1v) is 8.98. The van der Waals surface area contributed by atoms with E-state index in [9.17, 15) is 0 Å². The Kier molecular flexibility index (Phi) is 6.12. The lowest BCUT2D eigenvalue weighted by Gasteiger charge is -2.25. The third kappa shape index (κ3) is 4.72. The van der Waals surface area contributed by atoms with Crippen molar-refractivity contribution in [3.8, 4) is 5.75 Å². The van der Waals surface area contributed by atoms with E-state index in [4.69, 9.17) is 4.74 Å². The zero-order valence-electron chi connectivity index (χ0n) is 13.5. The molecule has 0 spiro atoms. The average Bonchev–Trinajstić information content (AvgIpc) is 2.50. The van der Waals surface area contributed by atoms with E-state index in [0.29, 0.717) is 6.04 Å². The Morgan fingerprint density at radius 1 is 1.33 bits per heavy atom. The van der Waals surface area contributed by atoms with Crippen LogP contribution < -0.4 is 10.1 Å². The fourth-order valence-corrected chi connectivity index (χ4v) is 3.22. The number of ether oxygens (including phenoxy) is 1. The molecule has 1 saturated heterocycles. The Morgan fingerprint density at radius 3 is 2.76 bits per heavy atom. The first-order valence-electron chi connectivity index (χ1n) is 8.19. The zero-order valence-corrected chi connectivity index (χ0v) is 15.1. The maximum atomic E-state index is 5.95. The van der Waals surface area contributed by atoms with E-state index in [1.165, 1.54) is 24.8 Å². The van der Waals surface area contributed by atoms with Crippen LogP contribution in [-0.4, -0.2) is 19.2 Å². The van der Waals surface area contributed by atoms with E-state index in [-0.39, 0.29) is 5.41 Å². The first-order chi connectivity index (χ1) is 10.0. The smallest absolute Gasteiger partial charge is 0.133 e. The molecule has 0 bridgehead atoms. The number of hydrogen-bond donors (Lipinski definition) is 1. The Bertz CT molecular complexity index is 453. The molecule has 0 unspecified atom stereocenters. The largest absolute Gasteiger partial charge is 0.492 e.